The van der Waals surface area contributed by atoms with E-state index in [1.165, 1.54) is 43.1 Å². The normalized spacial score (nSPS) is 20.9. The lowest BCUT2D eigenvalue weighted by molar-refractivity contribution is 0.158. The highest BCUT2D eigenvalue weighted by Crippen LogP contribution is 2.20. The van der Waals surface area contributed by atoms with Crippen molar-refractivity contribution in [3.8, 4) is 0 Å². The molecular weight excluding hydrogens is 278 g/mol. The predicted octanol–water partition coefficient (Wildman–Crippen LogP) is 3.70. The molecule has 3 nitrogen and oxygen atoms in total. The second-order valence-corrected chi connectivity index (χ2v) is 8.30. The summed E-state index contributed by atoms with van der Waals surface area (Å²) in [4.78, 5) is 7.35. The first kappa shape index (κ1) is 16.9. The molecule has 0 bridgehead atoms. The average molecular weight is 310 g/mol. The van der Waals surface area contributed by atoms with Gasteiger partial charge in [-0.3, -0.25) is 4.90 Å². The lowest BCUT2D eigenvalue weighted by Crippen LogP contribution is -2.44. The van der Waals surface area contributed by atoms with Gasteiger partial charge >= 0.3 is 0 Å². The summed E-state index contributed by atoms with van der Waals surface area (Å²) in [6.07, 6.45) is 5.00. The summed E-state index contributed by atoms with van der Waals surface area (Å²) < 4.78 is 0. The van der Waals surface area contributed by atoms with Gasteiger partial charge in [0.2, 0.25) is 0 Å². The van der Waals surface area contributed by atoms with Gasteiger partial charge in [0.1, 0.15) is 0 Å². The first-order chi connectivity index (χ1) is 9.96. The molecule has 1 aliphatic heterocycles. The summed E-state index contributed by atoms with van der Waals surface area (Å²) in [5, 5.41) is 7.21. The van der Waals surface area contributed by atoms with Crippen LogP contribution < -0.4 is 5.32 Å². The quantitative estimate of drug-likeness (QED) is 0.868. The topological polar surface area (TPSA) is 28.2 Å². The van der Waals surface area contributed by atoms with E-state index in [0.29, 0.717) is 0 Å². The van der Waals surface area contributed by atoms with Crippen LogP contribution in [0.1, 0.15) is 57.7 Å². The molecule has 1 atom stereocenters. The van der Waals surface area contributed by atoms with E-state index in [-0.39, 0.29) is 5.54 Å². The molecule has 1 fully saturated rings. The third-order valence-electron chi connectivity index (χ3n) is 3.97. The number of nitrogens with zero attached hydrogens (tertiary/aromatic N) is 2. The van der Waals surface area contributed by atoms with Gasteiger partial charge in [-0.15, -0.1) is 11.3 Å². The Morgan fingerprint density at radius 3 is 2.95 bits per heavy atom. The number of hydrogen-bond donors (Lipinski definition) is 1. The Morgan fingerprint density at radius 1 is 1.43 bits per heavy atom. The molecule has 1 aromatic heterocycles. The van der Waals surface area contributed by atoms with Crippen molar-refractivity contribution in [1.29, 1.82) is 0 Å². The summed E-state index contributed by atoms with van der Waals surface area (Å²) in [6.45, 7) is 13.6. The lowest BCUT2D eigenvalue weighted by atomic mass is 9.96. The summed E-state index contributed by atoms with van der Waals surface area (Å²) in [5.41, 5.74) is 1.50. The third kappa shape index (κ3) is 6.05. The Kier molecular flexibility index (Phi) is 6.20. The average Bonchev–Trinajstić information content (AvgIpc) is 2.84. The molecule has 2 heterocycles. The van der Waals surface area contributed by atoms with Crippen molar-refractivity contribution in [1.82, 2.24) is 15.2 Å². The fourth-order valence-electron chi connectivity index (χ4n) is 2.89. The summed E-state index contributed by atoms with van der Waals surface area (Å²) >= 11 is 1.83. The van der Waals surface area contributed by atoms with Gasteiger partial charge in [0.15, 0.2) is 0 Å². The van der Waals surface area contributed by atoms with Crippen molar-refractivity contribution in [2.24, 2.45) is 5.92 Å². The van der Waals surface area contributed by atoms with Crippen LogP contribution in [-0.2, 0) is 13.0 Å². The monoisotopic (exact) mass is 309 g/mol. The maximum absolute atomic E-state index is 4.77. The molecule has 1 N–H and O–H groups in total. The van der Waals surface area contributed by atoms with Crippen LogP contribution in [-0.4, -0.2) is 35.1 Å². The maximum atomic E-state index is 4.77. The number of rotatable bonds is 6. The van der Waals surface area contributed by atoms with Crippen molar-refractivity contribution in [2.75, 3.05) is 19.6 Å². The van der Waals surface area contributed by atoms with Crippen LogP contribution >= 0.6 is 11.3 Å². The van der Waals surface area contributed by atoms with Crippen LogP contribution in [0.15, 0.2) is 5.38 Å². The zero-order chi connectivity index (χ0) is 15.3. The van der Waals surface area contributed by atoms with Gasteiger partial charge in [0, 0.05) is 24.0 Å². The van der Waals surface area contributed by atoms with E-state index in [1.807, 2.05) is 11.3 Å². The van der Waals surface area contributed by atoms with E-state index in [2.05, 4.69) is 43.3 Å². The summed E-state index contributed by atoms with van der Waals surface area (Å²) in [7, 11) is 0. The van der Waals surface area contributed by atoms with Gasteiger partial charge in [-0.25, -0.2) is 4.98 Å². The Labute approximate surface area is 134 Å². The van der Waals surface area contributed by atoms with Crippen molar-refractivity contribution in [3.05, 3.63) is 16.1 Å². The Balaban J connectivity index is 1.80. The SMILES string of the molecule is CCCc1nc(CN2CCCC(CNC(C)(C)C)C2)cs1. The van der Waals surface area contributed by atoms with E-state index < -0.39 is 0 Å². The van der Waals surface area contributed by atoms with Crippen molar-refractivity contribution in [2.45, 2.75) is 65.5 Å². The smallest absolute Gasteiger partial charge is 0.0928 e. The molecule has 1 unspecified atom stereocenters. The molecule has 120 valence electrons. The Morgan fingerprint density at radius 2 is 2.24 bits per heavy atom. The minimum atomic E-state index is 0.228. The number of hydrogen-bond acceptors (Lipinski definition) is 4. The highest BCUT2D eigenvalue weighted by Gasteiger charge is 2.22. The largest absolute Gasteiger partial charge is 0.312 e. The first-order valence-corrected chi connectivity index (χ1v) is 9.25. The van der Waals surface area contributed by atoms with E-state index in [9.17, 15) is 0 Å². The van der Waals surface area contributed by atoms with Gasteiger partial charge < -0.3 is 5.32 Å². The number of thiazole rings is 1. The highest BCUT2D eigenvalue weighted by atomic mass is 32.1. The molecule has 21 heavy (non-hydrogen) atoms. The standard InChI is InChI=1S/C17H31N3S/c1-5-7-16-19-15(13-21-16)12-20-9-6-8-14(11-20)10-18-17(2,3)4/h13-14,18H,5-12H2,1-4H3. The van der Waals surface area contributed by atoms with Crippen LogP contribution in [0.3, 0.4) is 0 Å². The van der Waals surface area contributed by atoms with Crippen LogP contribution in [0.25, 0.3) is 0 Å². The van der Waals surface area contributed by atoms with Crippen molar-refractivity contribution in [3.63, 3.8) is 0 Å². The molecule has 1 aliphatic rings. The molecule has 4 heteroatoms. The molecule has 0 amide bonds. The van der Waals surface area contributed by atoms with Crippen LogP contribution in [0, 0.1) is 5.92 Å². The second kappa shape index (κ2) is 7.70. The molecule has 0 aromatic carbocycles. The van der Waals surface area contributed by atoms with E-state index in [1.54, 1.807) is 0 Å². The molecule has 0 saturated carbocycles. The zero-order valence-electron chi connectivity index (χ0n) is 14.1. The highest BCUT2D eigenvalue weighted by molar-refractivity contribution is 7.09. The Bertz CT molecular complexity index is 422. The van der Waals surface area contributed by atoms with E-state index >= 15 is 0 Å². The first-order valence-electron chi connectivity index (χ1n) is 8.37. The third-order valence-corrected chi connectivity index (χ3v) is 4.93. The maximum Gasteiger partial charge on any atom is 0.0928 e. The molecule has 2 rings (SSSR count). The summed E-state index contributed by atoms with van der Waals surface area (Å²) in [6, 6.07) is 0. The minimum absolute atomic E-state index is 0.228. The predicted molar refractivity (Wildman–Crippen MR) is 91.9 cm³/mol. The van der Waals surface area contributed by atoms with Crippen molar-refractivity contribution < 1.29 is 0 Å². The number of aromatic nitrogens is 1. The Hall–Kier alpha value is -0.450. The van der Waals surface area contributed by atoms with Crippen molar-refractivity contribution >= 4 is 11.3 Å². The van der Waals surface area contributed by atoms with Gasteiger partial charge in [-0.05, 0) is 65.5 Å². The number of nitrogens with one attached hydrogen (secondary N) is 1. The molecule has 0 aliphatic carbocycles. The van der Waals surface area contributed by atoms with Gasteiger partial charge in [-0.2, -0.15) is 0 Å². The number of piperidine rings is 1. The number of likely N-dealkylation sites (tertiary alicyclic amines) is 1. The minimum Gasteiger partial charge on any atom is -0.312 e. The van der Waals surface area contributed by atoms with E-state index in [0.717, 1.165) is 25.4 Å². The van der Waals surface area contributed by atoms with Gasteiger partial charge in [0.25, 0.3) is 0 Å². The lowest BCUT2D eigenvalue weighted by Gasteiger charge is -2.34. The van der Waals surface area contributed by atoms with Gasteiger partial charge in [0.05, 0.1) is 10.7 Å². The van der Waals surface area contributed by atoms with E-state index in [4.69, 9.17) is 4.98 Å². The zero-order valence-corrected chi connectivity index (χ0v) is 14.9. The van der Waals surface area contributed by atoms with Crippen LogP contribution in [0.4, 0.5) is 0 Å². The molecule has 1 saturated heterocycles. The summed E-state index contributed by atoms with van der Waals surface area (Å²) in [5.74, 6) is 0.784. The molecule has 0 radical (unpaired) electrons. The fourth-order valence-corrected chi connectivity index (χ4v) is 3.78. The van der Waals surface area contributed by atoms with Gasteiger partial charge in [-0.1, -0.05) is 6.92 Å². The second-order valence-electron chi connectivity index (χ2n) is 7.36. The number of aryl methyl sites for hydroxylation is 1. The van der Waals surface area contributed by atoms with Crippen LogP contribution in [0.2, 0.25) is 0 Å². The molecular formula is C17H31N3S. The fraction of sp³-hybridized carbons (Fsp3) is 0.824. The molecule has 0 spiro atoms. The molecule has 1 aromatic rings. The van der Waals surface area contributed by atoms with Crippen LogP contribution in [0.5, 0.6) is 0 Å².